The van der Waals surface area contributed by atoms with Crippen molar-refractivity contribution in [2.45, 2.75) is 32.7 Å². The molecule has 1 fully saturated rings. The summed E-state index contributed by atoms with van der Waals surface area (Å²) in [5.41, 5.74) is 4.35. The van der Waals surface area contributed by atoms with Gasteiger partial charge in [-0.3, -0.25) is 9.69 Å². The van der Waals surface area contributed by atoms with Crippen molar-refractivity contribution >= 4 is 22.6 Å². The minimum Gasteiger partial charge on any atom is -0.330 e. The van der Waals surface area contributed by atoms with E-state index in [1.807, 2.05) is 24.3 Å². The van der Waals surface area contributed by atoms with Crippen LogP contribution in [0.15, 0.2) is 48.5 Å². The molecule has 0 unspecified atom stereocenters. The molecule has 1 aromatic heterocycles. The molecule has 0 spiro atoms. The van der Waals surface area contributed by atoms with Crippen LogP contribution in [0.4, 0.5) is 5.69 Å². The third-order valence-corrected chi connectivity index (χ3v) is 5.75. The number of likely N-dealkylation sites (tertiary alicyclic amines) is 1. The van der Waals surface area contributed by atoms with E-state index in [-0.39, 0.29) is 11.8 Å². The molecule has 0 bridgehead atoms. The largest absolute Gasteiger partial charge is 0.330 e. The predicted molar refractivity (Wildman–Crippen MR) is 113 cm³/mol. The van der Waals surface area contributed by atoms with Crippen LogP contribution in [0.1, 0.15) is 31.2 Å². The van der Waals surface area contributed by atoms with Crippen molar-refractivity contribution in [1.82, 2.24) is 14.5 Å². The Balaban J connectivity index is 1.40. The first kappa shape index (κ1) is 18.7. The van der Waals surface area contributed by atoms with E-state index >= 15 is 0 Å². The highest BCUT2D eigenvalue weighted by Crippen LogP contribution is 2.22. The van der Waals surface area contributed by atoms with E-state index in [9.17, 15) is 4.79 Å². The van der Waals surface area contributed by atoms with E-state index in [1.165, 1.54) is 5.56 Å². The lowest BCUT2D eigenvalue weighted by atomic mass is 9.97. The van der Waals surface area contributed by atoms with Crippen LogP contribution in [-0.4, -0.2) is 33.4 Å². The van der Waals surface area contributed by atoms with E-state index in [0.717, 1.165) is 61.4 Å². The first-order chi connectivity index (χ1) is 13.6. The van der Waals surface area contributed by atoms with Gasteiger partial charge in [0.25, 0.3) is 0 Å². The Morgan fingerprint density at radius 1 is 1.18 bits per heavy atom. The summed E-state index contributed by atoms with van der Waals surface area (Å²) < 4.78 is 2.16. The van der Waals surface area contributed by atoms with Gasteiger partial charge in [-0.2, -0.15) is 0 Å². The molecular weight excluding hydrogens is 348 g/mol. The van der Waals surface area contributed by atoms with Crippen molar-refractivity contribution in [2.75, 3.05) is 18.4 Å². The molecule has 4 rings (SSSR count). The van der Waals surface area contributed by atoms with Crippen LogP contribution in [0.5, 0.6) is 0 Å². The number of aromatic nitrogens is 2. The average Bonchev–Trinajstić information content (AvgIpc) is 3.04. The van der Waals surface area contributed by atoms with Crippen molar-refractivity contribution in [1.29, 1.82) is 0 Å². The van der Waals surface area contributed by atoms with Crippen molar-refractivity contribution in [3.8, 4) is 0 Å². The molecule has 146 valence electrons. The van der Waals surface area contributed by atoms with Gasteiger partial charge in [0.15, 0.2) is 0 Å². The standard InChI is InChI=1S/C23H28N4O/c1-3-17-10-12-19(13-11-17)24-23(28)18-7-6-14-27(15-18)16-22-25-20-8-4-5-9-21(20)26(22)2/h4-5,8-13,18H,3,6-7,14-16H2,1-2H3,(H,24,28)/t18-/m0/s1. The first-order valence-electron chi connectivity index (χ1n) is 10.2. The molecule has 1 atom stereocenters. The summed E-state index contributed by atoms with van der Waals surface area (Å²) in [7, 11) is 2.07. The van der Waals surface area contributed by atoms with Gasteiger partial charge in [-0.1, -0.05) is 31.2 Å². The summed E-state index contributed by atoms with van der Waals surface area (Å²) in [5, 5.41) is 3.09. The number of carbonyl (C=O) groups excluding carboxylic acids is 1. The maximum absolute atomic E-state index is 12.8. The van der Waals surface area contributed by atoms with E-state index in [0.29, 0.717) is 0 Å². The number of rotatable bonds is 5. The molecule has 5 nitrogen and oxygen atoms in total. The number of carbonyl (C=O) groups is 1. The lowest BCUT2D eigenvalue weighted by Crippen LogP contribution is -2.40. The predicted octanol–water partition coefficient (Wildman–Crippen LogP) is 3.99. The highest BCUT2D eigenvalue weighted by molar-refractivity contribution is 5.92. The smallest absolute Gasteiger partial charge is 0.228 e. The van der Waals surface area contributed by atoms with Crippen LogP contribution in [0.25, 0.3) is 11.0 Å². The zero-order valence-corrected chi connectivity index (χ0v) is 16.7. The summed E-state index contributed by atoms with van der Waals surface area (Å²) >= 11 is 0. The number of benzene rings is 2. The van der Waals surface area contributed by atoms with Crippen LogP contribution in [0.2, 0.25) is 0 Å². The number of piperidine rings is 1. The number of amides is 1. The average molecular weight is 377 g/mol. The molecule has 2 aromatic carbocycles. The number of para-hydroxylation sites is 2. The third kappa shape index (κ3) is 3.94. The van der Waals surface area contributed by atoms with Crippen LogP contribution in [0.3, 0.4) is 0 Å². The number of nitrogens with zero attached hydrogens (tertiary/aromatic N) is 3. The molecular formula is C23H28N4O. The van der Waals surface area contributed by atoms with Crippen LogP contribution in [-0.2, 0) is 24.8 Å². The molecule has 1 N–H and O–H groups in total. The van der Waals surface area contributed by atoms with Crippen molar-refractivity contribution in [2.24, 2.45) is 13.0 Å². The zero-order chi connectivity index (χ0) is 19.5. The Hall–Kier alpha value is -2.66. The maximum atomic E-state index is 12.8. The molecule has 1 aliphatic rings. The molecule has 2 heterocycles. The van der Waals surface area contributed by atoms with Crippen molar-refractivity contribution in [3.05, 3.63) is 59.9 Å². The number of anilines is 1. The normalized spacial score (nSPS) is 17.7. The summed E-state index contributed by atoms with van der Waals surface area (Å²) in [6.45, 7) is 4.70. The van der Waals surface area contributed by atoms with Gasteiger partial charge in [-0.05, 0) is 55.6 Å². The number of imidazole rings is 1. The fraction of sp³-hybridized carbons (Fsp3) is 0.391. The van der Waals surface area contributed by atoms with E-state index in [4.69, 9.17) is 4.98 Å². The Kier molecular flexibility index (Phi) is 5.44. The van der Waals surface area contributed by atoms with Gasteiger partial charge in [0.2, 0.25) is 5.91 Å². The summed E-state index contributed by atoms with van der Waals surface area (Å²) in [4.78, 5) is 19.9. The molecule has 3 aromatic rings. The second-order valence-electron chi connectivity index (χ2n) is 7.69. The molecule has 0 saturated carbocycles. The Labute approximate surface area is 166 Å². The second kappa shape index (κ2) is 8.15. The van der Waals surface area contributed by atoms with Crippen LogP contribution in [0, 0.1) is 5.92 Å². The fourth-order valence-electron chi connectivity index (χ4n) is 4.02. The fourth-order valence-corrected chi connectivity index (χ4v) is 4.02. The Morgan fingerprint density at radius 2 is 1.96 bits per heavy atom. The van der Waals surface area contributed by atoms with Gasteiger partial charge in [-0.25, -0.2) is 4.98 Å². The summed E-state index contributed by atoms with van der Waals surface area (Å²) in [6.07, 6.45) is 2.99. The van der Waals surface area contributed by atoms with E-state index < -0.39 is 0 Å². The molecule has 28 heavy (non-hydrogen) atoms. The molecule has 1 saturated heterocycles. The maximum Gasteiger partial charge on any atom is 0.228 e. The lowest BCUT2D eigenvalue weighted by molar-refractivity contribution is -0.121. The quantitative estimate of drug-likeness (QED) is 0.733. The monoisotopic (exact) mass is 376 g/mol. The van der Waals surface area contributed by atoms with Gasteiger partial charge >= 0.3 is 0 Å². The van der Waals surface area contributed by atoms with Gasteiger partial charge in [0.1, 0.15) is 5.82 Å². The topological polar surface area (TPSA) is 50.2 Å². The minimum absolute atomic E-state index is 0.0225. The highest BCUT2D eigenvalue weighted by atomic mass is 16.1. The van der Waals surface area contributed by atoms with E-state index in [1.54, 1.807) is 0 Å². The van der Waals surface area contributed by atoms with Crippen molar-refractivity contribution in [3.63, 3.8) is 0 Å². The Bertz CT molecular complexity index is 960. The SMILES string of the molecule is CCc1ccc(NC(=O)[C@H]2CCCN(Cc3nc4ccccc4n3C)C2)cc1. The van der Waals surface area contributed by atoms with Gasteiger partial charge in [-0.15, -0.1) is 0 Å². The van der Waals surface area contributed by atoms with Crippen LogP contribution < -0.4 is 5.32 Å². The molecule has 5 heteroatoms. The minimum atomic E-state index is 0.0225. The number of fused-ring (bicyclic) bond motifs is 1. The number of hydrogen-bond acceptors (Lipinski definition) is 3. The second-order valence-corrected chi connectivity index (χ2v) is 7.69. The molecule has 1 aliphatic heterocycles. The van der Waals surface area contributed by atoms with Gasteiger partial charge in [0, 0.05) is 19.3 Å². The number of nitrogens with one attached hydrogen (secondary N) is 1. The Morgan fingerprint density at radius 3 is 2.71 bits per heavy atom. The van der Waals surface area contributed by atoms with E-state index in [2.05, 4.69) is 53.0 Å². The molecule has 0 aliphatic carbocycles. The summed E-state index contributed by atoms with van der Waals surface area (Å²) in [6, 6.07) is 16.4. The zero-order valence-electron chi connectivity index (χ0n) is 16.7. The highest BCUT2D eigenvalue weighted by Gasteiger charge is 2.26. The van der Waals surface area contributed by atoms with Gasteiger partial charge < -0.3 is 9.88 Å². The van der Waals surface area contributed by atoms with Crippen LogP contribution >= 0.6 is 0 Å². The number of hydrogen-bond donors (Lipinski definition) is 1. The molecule has 0 radical (unpaired) electrons. The lowest BCUT2D eigenvalue weighted by Gasteiger charge is -2.31. The van der Waals surface area contributed by atoms with Crippen molar-refractivity contribution < 1.29 is 4.79 Å². The molecule has 1 amide bonds. The first-order valence-corrected chi connectivity index (χ1v) is 10.2. The third-order valence-electron chi connectivity index (χ3n) is 5.75. The number of aryl methyl sites for hydroxylation is 2. The van der Waals surface area contributed by atoms with Gasteiger partial charge in [0.05, 0.1) is 23.5 Å². The summed E-state index contributed by atoms with van der Waals surface area (Å²) in [5.74, 6) is 1.20.